The van der Waals surface area contributed by atoms with Gasteiger partial charge in [0.05, 0.1) is 16.1 Å². The van der Waals surface area contributed by atoms with Crippen LogP contribution < -0.4 is 4.90 Å². The van der Waals surface area contributed by atoms with Crippen molar-refractivity contribution in [2.45, 2.75) is 6.18 Å². The Balaban J connectivity index is 1.63. The predicted octanol–water partition coefficient (Wildman–Crippen LogP) is 3.98. The zero-order valence-corrected chi connectivity index (χ0v) is 15.3. The topological polar surface area (TPSA) is 66.7 Å². The Morgan fingerprint density at radius 3 is 2.38 bits per heavy atom. The standard InChI is InChI=1S/C20H18F3N3O3/c21-20(22,23)16-5-3-6-17(14-16)24-10-12-25(13-11-24)19(27)9-8-15-4-1-2-7-18(15)26(28)29/h1-9,14H,10-13H2/b9-8+. The molecule has 0 unspecified atom stereocenters. The highest BCUT2D eigenvalue weighted by molar-refractivity contribution is 5.92. The van der Waals surface area contributed by atoms with Gasteiger partial charge in [-0.15, -0.1) is 0 Å². The smallest absolute Gasteiger partial charge is 0.368 e. The molecular formula is C20H18F3N3O3. The summed E-state index contributed by atoms with van der Waals surface area (Å²) in [6.07, 6.45) is -1.72. The molecule has 1 aliphatic heterocycles. The normalized spacial score (nSPS) is 15.0. The molecule has 1 fully saturated rings. The fourth-order valence-electron chi connectivity index (χ4n) is 3.13. The summed E-state index contributed by atoms with van der Waals surface area (Å²) >= 11 is 0. The Bertz CT molecular complexity index is 936. The van der Waals surface area contributed by atoms with Crippen molar-refractivity contribution in [2.75, 3.05) is 31.1 Å². The lowest BCUT2D eigenvalue weighted by atomic mass is 10.1. The summed E-state index contributed by atoms with van der Waals surface area (Å²) in [7, 11) is 0. The fourth-order valence-corrected chi connectivity index (χ4v) is 3.13. The molecule has 1 aliphatic rings. The van der Waals surface area contributed by atoms with Gasteiger partial charge in [-0.25, -0.2) is 0 Å². The molecule has 1 amide bonds. The maximum atomic E-state index is 12.9. The maximum absolute atomic E-state index is 12.9. The number of carbonyl (C=O) groups excluding carboxylic acids is 1. The zero-order chi connectivity index (χ0) is 21.0. The first-order chi connectivity index (χ1) is 13.8. The van der Waals surface area contributed by atoms with Gasteiger partial charge in [-0.1, -0.05) is 18.2 Å². The number of alkyl halides is 3. The SMILES string of the molecule is O=C(/C=C/c1ccccc1[N+](=O)[O-])N1CCN(c2cccc(C(F)(F)F)c2)CC1. The molecule has 9 heteroatoms. The van der Waals surface area contributed by atoms with E-state index in [1.165, 1.54) is 24.3 Å². The monoisotopic (exact) mass is 405 g/mol. The van der Waals surface area contributed by atoms with Crippen molar-refractivity contribution >= 4 is 23.4 Å². The lowest BCUT2D eigenvalue weighted by Crippen LogP contribution is -2.48. The van der Waals surface area contributed by atoms with E-state index >= 15 is 0 Å². The number of para-hydroxylation sites is 1. The minimum atomic E-state index is -4.40. The van der Waals surface area contributed by atoms with Crippen molar-refractivity contribution in [1.82, 2.24) is 4.90 Å². The van der Waals surface area contributed by atoms with Crippen LogP contribution in [-0.2, 0) is 11.0 Å². The van der Waals surface area contributed by atoms with Crippen LogP contribution in [0.15, 0.2) is 54.6 Å². The number of benzene rings is 2. The number of halogens is 3. The first-order valence-electron chi connectivity index (χ1n) is 8.88. The third-order valence-corrected chi connectivity index (χ3v) is 4.67. The first kappa shape index (κ1) is 20.4. The van der Waals surface area contributed by atoms with Gasteiger partial charge in [0.2, 0.25) is 5.91 Å². The van der Waals surface area contributed by atoms with Gasteiger partial charge < -0.3 is 9.80 Å². The number of carbonyl (C=O) groups is 1. The van der Waals surface area contributed by atoms with Crippen LogP contribution in [0.4, 0.5) is 24.5 Å². The summed E-state index contributed by atoms with van der Waals surface area (Å²) in [6, 6.07) is 11.2. The average Bonchev–Trinajstić information content (AvgIpc) is 2.71. The van der Waals surface area contributed by atoms with E-state index in [0.29, 0.717) is 37.4 Å². The van der Waals surface area contributed by atoms with E-state index in [2.05, 4.69) is 0 Å². The highest BCUT2D eigenvalue weighted by Gasteiger charge is 2.31. The van der Waals surface area contributed by atoms with Gasteiger partial charge in [0.25, 0.3) is 5.69 Å². The summed E-state index contributed by atoms with van der Waals surface area (Å²) in [6.45, 7) is 1.48. The minimum Gasteiger partial charge on any atom is -0.368 e. The van der Waals surface area contributed by atoms with Crippen molar-refractivity contribution in [1.29, 1.82) is 0 Å². The average molecular weight is 405 g/mol. The van der Waals surface area contributed by atoms with E-state index in [0.717, 1.165) is 12.1 Å². The highest BCUT2D eigenvalue weighted by Crippen LogP contribution is 2.31. The van der Waals surface area contributed by atoms with Crippen molar-refractivity contribution < 1.29 is 22.9 Å². The maximum Gasteiger partial charge on any atom is 0.416 e. The van der Waals surface area contributed by atoms with Gasteiger partial charge in [-0.3, -0.25) is 14.9 Å². The van der Waals surface area contributed by atoms with Crippen LogP contribution in [0, 0.1) is 10.1 Å². The Kier molecular flexibility index (Phi) is 5.86. The molecule has 2 aromatic carbocycles. The molecule has 2 aromatic rings. The van der Waals surface area contributed by atoms with E-state index < -0.39 is 16.7 Å². The van der Waals surface area contributed by atoms with Gasteiger partial charge in [-0.05, 0) is 30.3 Å². The molecule has 0 saturated carbocycles. The van der Waals surface area contributed by atoms with E-state index in [1.54, 1.807) is 34.1 Å². The number of anilines is 1. The molecule has 1 saturated heterocycles. The molecule has 0 atom stereocenters. The first-order valence-corrected chi connectivity index (χ1v) is 8.88. The highest BCUT2D eigenvalue weighted by atomic mass is 19.4. The van der Waals surface area contributed by atoms with Crippen LogP contribution in [0.3, 0.4) is 0 Å². The Morgan fingerprint density at radius 1 is 1.03 bits per heavy atom. The van der Waals surface area contributed by atoms with E-state index in [9.17, 15) is 28.1 Å². The van der Waals surface area contributed by atoms with Crippen LogP contribution >= 0.6 is 0 Å². The van der Waals surface area contributed by atoms with Crippen LogP contribution in [0.5, 0.6) is 0 Å². The molecule has 0 radical (unpaired) electrons. The number of nitro benzene ring substituents is 1. The van der Waals surface area contributed by atoms with Gasteiger partial charge in [0.15, 0.2) is 0 Å². The number of nitrogens with zero attached hydrogens (tertiary/aromatic N) is 3. The van der Waals surface area contributed by atoms with E-state index in [1.807, 2.05) is 0 Å². The third kappa shape index (κ3) is 4.92. The molecule has 0 N–H and O–H groups in total. The summed E-state index contributed by atoms with van der Waals surface area (Å²) < 4.78 is 38.7. The molecular weight excluding hydrogens is 387 g/mol. The predicted molar refractivity (Wildman–Crippen MR) is 102 cm³/mol. The lowest BCUT2D eigenvalue weighted by molar-refractivity contribution is -0.385. The molecule has 29 heavy (non-hydrogen) atoms. The summed E-state index contributed by atoms with van der Waals surface area (Å²) in [5.41, 5.74) is -0.0114. The van der Waals surface area contributed by atoms with Crippen molar-refractivity contribution in [3.63, 3.8) is 0 Å². The minimum absolute atomic E-state index is 0.0917. The quantitative estimate of drug-likeness (QED) is 0.439. The third-order valence-electron chi connectivity index (χ3n) is 4.67. The summed E-state index contributed by atoms with van der Waals surface area (Å²) in [5.74, 6) is -0.299. The van der Waals surface area contributed by atoms with Gasteiger partial charge >= 0.3 is 6.18 Å². The Labute approximate surface area is 165 Å². The van der Waals surface area contributed by atoms with Crippen LogP contribution in [-0.4, -0.2) is 41.9 Å². The molecule has 0 bridgehead atoms. The number of hydrogen-bond donors (Lipinski definition) is 0. The van der Waals surface area contributed by atoms with Gasteiger partial charge in [-0.2, -0.15) is 13.2 Å². The molecule has 152 valence electrons. The van der Waals surface area contributed by atoms with Gasteiger partial charge in [0.1, 0.15) is 0 Å². The number of hydrogen-bond acceptors (Lipinski definition) is 4. The van der Waals surface area contributed by atoms with Crippen molar-refractivity contribution in [3.05, 3.63) is 75.8 Å². The van der Waals surface area contributed by atoms with Crippen molar-refractivity contribution in [2.24, 2.45) is 0 Å². The molecule has 0 aliphatic carbocycles. The fraction of sp³-hybridized carbons (Fsp3) is 0.250. The second-order valence-corrected chi connectivity index (χ2v) is 6.51. The Morgan fingerprint density at radius 2 is 1.72 bits per heavy atom. The molecule has 0 spiro atoms. The number of nitro groups is 1. The largest absolute Gasteiger partial charge is 0.416 e. The number of amides is 1. The second kappa shape index (κ2) is 8.34. The molecule has 0 aromatic heterocycles. The molecule has 6 nitrogen and oxygen atoms in total. The van der Waals surface area contributed by atoms with Gasteiger partial charge in [0, 0.05) is 44.0 Å². The molecule has 3 rings (SSSR count). The lowest BCUT2D eigenvalue weighted by Gasteiger charge is -2.35. The summed E-state index contributed by atoms with van der Waals surface area (Å²) in [4.78, 5) is 26.3. The molecule has 1 heterocycles. The second-order valence-electron chi connectivity index (χ2n) is 6.51. The van der Waals surface area contributed by atoms with E-state index in [4.69, 9.17) is 0 Å². The number of rotatable bonds is 4. The Hall–Kier alpha value is -3.36. The van der Waals surface area contributed by atoms with Crippen LogP contribution in [0.25, 0.3) is 6.08 Å². The van der Waals surface area contributed by atoms with Crippen molar-refractivity contribution in [3.8, 4) is 0 Å². The van der Waals surface area contributed by atoms with E-state index in [-0.39, 0.29) is 11.6 Å². The van der Waals surface area contributed by atoms with Crippen LogP contribution in [0.1, 0.15) is 11.1 Å². The summed E-state index contributed by atoms with van der Waals surface area (Å²) in [5, 5.41) is 11.0. The zero-order valence-electron chi connectivity index (χ0n) is 15.3. The number of piperazine rings is 1. The van der Waals surface area contributed by atoms with Crippen LogP contribution in [0.2, 0.25) is 0 Å².